The van der Waals surface area contributed by atoms with Crippen LogP contribution in [0.15, 0.2) is 18.5 Å². The van der Waals surface area contributed by atoms with Crippen molar-refractivity contribution in [2.24, 2.45) is 5.41 Å². The molecule has 1 atom stereocenters. The Balaban J connectivity index is 2.35. The second-order valence-electron chi connectivity index (χ2n) is 5.92. The van der Waals surface area contributed by atoms with Gasteiger partial charge in [0.05, 0.1) is 5.60 Å². The predicted molar refractivity (Wildman–Crippen MR) is 65.1 cm³/mol. The van der Waals surface area contributed by atoms with Gasteiger partial charge in [-0.1, -0.05) is 13.8 Å². The summed E-state index contributed by atoms with van der Waals surface area (Å²) in [6.07, 6.45) is 7.62. The highest BCUT2D eigenvalue weighted by Gasteiger charge is 2.40. The lowest BCUT2D eigenvalue weighted by Crippen LogP contribution is -2.37. The molecule has 0 spiro atoms. The zero-order valence-electron chi connectivity index (χ0n) is 10.5. The molecule has 0 radical (unpaired) electrons. The maximum Gasteiger partial charge on any atom is 0.0919 e. The van der Waals surface area contributed by atoms with Gasteiger partial charge in [0, 0.05) is 18.0 Å². The minimum Gasteiger partial charge on any atom is -0.385 e. The molecule has 0 aliphatic heterocycles. The smallest absolute Gasteiger partial charge is 0.0919 e. The fourth-order valence-electron chi connectivity index (χ4n) is 3.01. The highest BCUT2D eigenvalue weighted by Crippen LogP contribution is 2.46. The van der Waals surface area contributed by atoms with Gasteiger partial charge < -0.3 is 5.11 Å². The molecule has 16 heavy (non-hydrogen) atoms. The summed E-state index contributed by atoms with van der Waals surface area (Å²) in [5.41, 5.74) is 1.73. The Kier molecular flexibility index (Phi) is 2.79. The van der Waals surface area contributed by atoms with E-state index in [9.17, 15) is 5.11 Å². The van der Waals surface area contributed by atoms with E-state index in [1.807, 2.05) is 12.3 Å². The Morgan fingerprint density at radius 3 is 2.69 bits per heavy atom. The van der Waals surface area contributed by atoms with Gasteiger partial charge in [-0.15, -0.1) is 0 Å². The Labute approximate surface area is 97.7 Å². The van der Waals surface area contributed by atoms with Crippen LogP contribution in [0.2, 0.25) is 0 Å². The molecular formula is C14H21NO. The number of pyridine rings is 1. The summed E-state index contributed by atoms with van der Waals surface area (Å²) in [6.45, 7) is 6.53. The first-order valence-corrected chi connectivity index (χ1v) is 6.06. The molecule has 1 heterocycles. The first-order chi connectivity index (χ1) is 7.43. The van der Waals surface area contributed by atoms with Crippen molar-refractivity contribution in [1.29, 1.82) is 0 Å². The number of nitrogens with zero attached hydrogens (tertiary/aromatic N) is 1. The zero-order valence-corrected chi connectivity index (χ0v) is 10.5. The lowest BCUT2D eigenvalue weighted by Gasteiger charge is -2.42. The molecule has 2 heteroatoms. The fourth-order valence-corrected chi connectivity index (χ4v) is 3.01. The number of hydrogen-bond acceptors (Lipinski definition) is 2. The van der Waals surface area contributed by atoms with E-state index in [0.717, 1.165) is 30.4 Å². The predicted octanol–water partition coefficient (Wildman–Crippen LogP) is 3.18. The van der Waals surface area contributed by atoms with Crippen molar-refractivity contribution >= 4 is 0 Å². The Morgan fingerprint density at radius 1 is 1.31 bits per heavy atom. The topological polar surface area (TPSA) is 33.1 Å². The van der Waals surface area contributed by atoms with E-state index < -0.39 is 5.60 Å². The highest BCUT2D eigenvalue weighted by atomic mass is 16.3. The van der Waals surface area contributed by atoms with Crippen molar-refractivity contribution in [2.45, 2.75) is 52.1 Å². The largest absolute Gasteiger partial charge is 0.385 e. The lowest BCUT2D eigenvalue weighted by molar-refractivity contribution is -0.0447. The SMILES string of the molecule is Cc1ccncc1C1(O)CCCC(C)(C)C1. The van der Waals surface area contributed by atoms with Gasteiger partial charge >= 0.3 is 0 Å². The standard InChI is InChI=1S/C14H21NO/c1-11-5-8-15-9-12(11)14(16)7-4-6-13(2,3)10-14/h5,8-9,16H,4,6-7,10H2,1-3H3. The second kappa shape index (κ2) is 3.85. The number of aryl methyl sites for hydroxylation is 1. The number of aliphatic hydroxyl groups is 1. The molecule has 1 aliphatic rings. The van der Waals surface area contributed by atoms with E-state index in [-0.39, 0.29) is 5.41 Å². The Bertz CT molecular complexity index is 386. The molecule has 1 aromatic heterocycles. The van der Waals surface area contributed by atoms with Crippen LogP contribution in [-0.2, 0) is 5.60 Å². The highest BCUT2D eigenvalue weighted by molar-refractivity contribution is 5.28. The summed E-state index contributed by atoms with van der Waals surface area (Å²) in [6, 6.07) is 1.98. The van der Waals surface area contributed by atoms with E-state index in [1.165, 1.54) is 6.42 Å². The van der Waals surface area contributed by atoms with E-state index in [1.54, 1.807) is 6.20 Å². The van der Waals surface area contributed by atoms with E-state index in [2.05, 4.69) is 25.8 Å². The van der Waals surface area contributed by atoms with Gasteiger partial charge in [0.2, 0.25) is 0 Å². The summed E-state index contributed by atoms with van der Waals surface area (Å²) in [7, 11) is 0. The first-order valence-electron chi connectivity index (χ1n) is 6.06. The molecular weight excluding hydrogens is 198 g/mol. The van der Waals surface area contributed by atoms with Gasteiger partial charge in [0.15, 0.2) is 0 Å². The molecule has 1 unspecified atom stereocenters. The monoisotopic (exact) mass is 219 g/mol. The van der Waals surface area contributed by atoms with Crippen LogP contribution in [0.5, 0.6) is 0 Å². The Hall–Kier alpha value is -0.890. The quantitative estimate of drug-likeness (QED) is 0.787. The minimum atomic E-state index is -0.667. The number of rotatable bonds is 1. The molecule has 2 rings (SSSR count). The van der Waals surface area contributed by atoms with Gasteiger partial charge in [0.25, 0.3) is 0 Å². The van der Waals surface area contributed by atoms with Crippen molar-refractivity contribution < 1.29 is 5.11 Å². The van der Waals surface area contributed by atoms with Crippen LogP contribution in [0.4, 0.5) is 0 Å². The van der Waals surface area contributed by atoms with Crippen molar-refractivity contribution in [2.75, 3.05) is 0 Å². The van der Waals surface area contributed by atoms with Crippen LogP contribution in [0, 0.1) is 12.3 Å². The van der Waals surface area contributed by atoms with Crippen LogP contribution < -0.4 is 0 Å². The number of aromatic nitrogens is 1. The summed E-state index contributed by atoms with van der Waals surface area (Å²) in [5.74, 6) is 0. The average Bonchev–Trinajstić information content (AvgIpc) is 2.16. The fraction of sp³-hybridized carbons (Fsp3) is 0.643. The van der Waals surface area contributed by atoms with Crippen molar-refractivity contribution in [3.05, 3.63) is 29.6 Å². The van der Waals surface area contributed by atoms with E-state index in [4.69, 9.17) is 0 Å². The van der Waals surface area contributed by atoms with Gasteiger partial charge in [0.1, 0.15) is 0 Å². The maximum absolute atomic E-state index is 10.8. The molecule has 1 aromatic rings. The molecule has 1 saturated carbocycles. The lowest BCUT2D eigenvalue weighted by atomic mass is 9.67. The molecule has 0 amide bonds. The molecule has 88 valence electrons. The van der Waals surface area contributed by atoms with Crippen LogP contribution in [0.1, 0.15) is 50.7 Å². The summed E-state index contributed by atoms with van der Waals surface area (Å²) < 4.78 is 0. The molecule has 0 saturated heterocycles. The van der Waals surface area contributed by atoms with Crippen molar-refractivity contribution in [3.8, 4) is 0 Å². The van der Waals surface area contributed by atoms with Gasteiger partial charge in [-0.05, 0) is 49.7 Å². The summed E-state index contributed by atoms with van der Waals surface area (Å²) in [4.78, 5) is 4.15. The molecule has 2 nitrogen and oxygen atoms in total. The third-order valence-corrected chi connectivity index (χ3v) is 3.76. The third-order valence-electron chi connectivity index (χ3n) is 3.76. The maximum atomic E-state index is 10.8. The normalized spacial score (nSPS) is 29.0. The molecule has 1 aliphatic carbocycles. The van der Waals surface area contributed by atoms with Crippen LogP contribution in [0.25, 0.3) is 0 Å². The second-order valence-corrected chi connectivity index (χ2v) is 5.92. The van der Waals surface area contributed by atoms with Gasteiger partial charge in [-0.25, -0.2) is 0 Å². The summed E-state index contributed by atoms with van der Waals surface area (Å²) >= 11 is 0. The van der Waals surface area contributed by atoms with Crippen molar-refractivity contribution in [3.63, 3.8) is 0 Å². The molecule has 1 N–H and O–H groups in total. The van der Waals surface area contributed by atoms with E-state index >= 15 is 0 Å². The Morgan fingerprint density at radius 2 is 2.06 bits per heavy atom. The number of hydrogen-bond donors (Lipinski definition) is 1. The summed E-state index contributed by atoms with van der Waals surface area (Å²) in [5, 5.41) is 10.8. The zero-order chi connectivity index (χ0) is 11.8. The van der Waals surface area contributed by atoms with Crippen LogP contribution >= 0.6 is 0 Å². The van der Waals surface area contributed by atoms with Gasteiger partial charge in [-0.3, -0.25) is 4.98 Å². The first kappa shape index (κ1) is 11.6. The average molecular weight is 219 g/mol. The minimum absolute atomic E-state index is 0.231. The molecule has 1 fully saturated rings. The molecule has 0 bridgehead atoms. The van der Waals surface area contributed by atoms with Crippen LogP contribution in [-0.4, -0.2) is 10.1 Å². The van der Waals surface area contributed by atoms with Gasteiger partial charge in [-0.2, -0.15) is 0 Å². The third kappa shape index (κ3) is 2.12. The van der Waals surface area contributed by atoms with E-state index in [0.29, 0.717) is 0 Å². The van der Waals surface area contributed by atoms with Crippen LogP contribution in [0.3, 0.4) is 0 Å². The van der Waals surface area contributed by atoms with Crippen molar-refractivity contribution in [1.82, 2.24) is 4.98 Å². The molecule has 0 aromatic carbocycles.